The van der Waals surface area contributed by atoms with Crippen molar-refractivity contribution in [2.24, 2.45) is 5.92 Å². The smallest absolute Gasteiger partial charge is 0.305 e. The van der Waals surface area contributed by atoms with Gasteiger partial charge in [-0.1, -0.05) is 6.07 Å². The van der Waals surface area contributed by atoms with Gasteiger partial charge in [0, 0.05) is 25.6 Å². The van der Waals surface area contributed by atoms with Gasteiger partial charge >= 0.3 is 5.69 Å². The molecular weight excluding hydrogens is 274 g/mol. The second-order valence-electron chi connectivity index (χ2n) is 5.09. The summed E-state index contributed by atoms with van der Waals surface area (Å²) in [6, 6.07) is 4.57. The predicted octanol–water partition coefficient (Wildman–Crippen LogP) is 1.79. The molecule has 1 aromatic rings. The Bertz CT molecular complexity index is 541. The van der Waals surface area contributed by atoms with Gasteiger partial charge in [0.1, 0.15) is 11.3 Å². The van der Waals surface area contributed by atoms with Gasteiger partial charge in [0.25, 0.3) is 5.91 Å². The van der Waals surface area contributed by atoms with Crippen LogP contribution in [0.5, 0.6) is 0 Å². The van der Waals surface area contributed by atoms with E-state index in [2.05, 4.69) is 10.6 Å². The molecule has 21 heavy (non-hydrogen) atoms. The molecule has 0 spiro atoms. The highest BCUT2D eigenvalue weighted by Crippen LogP contribution is 2.28. The molecule has 2 atom stereocenters. The van der Waals surface area contributed by atoms with Gasteiger partial charge in [0.15, 0.2) is 0 Å². The van der Waals surface area contributed by atoms with Crippen molar-refractivity contribution < 1.29 is 14.5 Å². The molecule has 7 nitrogen and oxygen atoms in total. The van der Waals surface area contributed by atoms with E-state index in [1.165, 1.54) is 6.07 Å². The maximum Gasteiger partial charge on any atom is 0.305 e. The van der Waals surface area contributed by atoms with Gasteiger partial charge in [0.05, 0.1) is 11.5 Å². The first-order valence-electron chi connectivity index (χ1n) is 6.88. The minimum atomic E-state index is -0.538. The Labute approximate surface area is 122 Å². The van der Waals surface area contributed by atoms with Crippen molar-refractivity contribution in [3.63, 3.8) is 0 Å². The second-order valence-corrected chi connectivity index (χ2v) is 5.09. The van der Waals surface area contributed by atoms with Crippen LogP contribution in [0.4, 0.5) is 11.4 Å². The van der Waals surface area contributed by atoms with Crippen LogP contribution in [0.25, 0.3) is 0 Å². The van der Waals surface area contributed by atoms with Gasteiger partial charge in [-0.05, 0) is 25.5 Å². The maximum absolute atomic E-state index is 12.3. The Morgan fingerprint density at radius 2 is 2.29 bits per heavy atom. The van der Waals surface area contributed by atoms with Crippen LogP contribution in [-0.2, 0) is 4.74 Å². The molecule has 0 aliphatic carbocycles. The first-order valence-corrected chi connectivity index (χ1v) is 6.88. The summed E-state index contributed by atoms with van der Waals surface area (Å²) in [5.41, 5.74) is 0.189. The number of hydrogen-bond acceptors (Lipinski definition) is 5. The lowest BCUT2D eigenvalue weighted by molar-refractivity contribution is -0.384. The molecule has 2 unspecified atom stereocenters. The van der Waals surface area contributed by atoms with Gasteiger partial charge in [-0.2, -0.15) is 0 Å². The summed E-state index contributed by atoms with van der Waals surface area (Å²) in [5, 5.41) is 16.8. The molecular formula is C14H19N3O4. The molecule has 2 rings (SSSR count). The molecule has 1 aromatic carbocycles. The predicted molar refractivity (Wildman–Crippen MR) is 78.5 cm³/mol. The number of ether oxygens (including phenoxy) is 1. The van der Waals surface area contributed by atoms with Crippen LogP contribution >= 0.6 is 0 Å². The molecule has 1 aliphatic rings. The lowest BCUT2D eigenvalue weighted by atomic mass is 10.00. The third kappa shape index (κ3) is 3.30. The zero-order valence-corrected chi connectivity index (χ0v) is 12.1. The van der Waals surface area contributed by atoms with Crippen molar-refractivity contribution in [1.29, 1.82) is 0 Å². The molecule has 7 heteroatoms. The van der Waals surface area contributed by atoms with E-state index in [1.807, 2.05) is 6.92 Å². The fourth-order valence-electron chi connectivity index (χ4n) is 2.47. The van der Waals surface area contributed by atoms with Gasteiger partial charge in [-0.25, -0.2) is 0 Å². The van der Waals surface area contributed by atoms with Crippen molar-refractivity contribution in [1.82, 2.24) is 5.32 Å². The van der Waals surface area contributed by atoms with Crippen LogP contribution in [0.2, 0.25) is 0 Å². The molecule has 0 radical (unpaired) electrons. The molecule has 1 fully saturated rings. The minimum absolute atomic E-state index is 0.0672. The van der Waals surface area contributed by atoms with E-state index < -0.39 is 10.8 Å². The van der Waals surface area contributed by atoms with E-state index in [0.29, 0.717) is 18.9 Å². The van der Waals surface area contributed by atoms with Crippen LogP contribution < -0.4 is 10.6 Å². The molecule has 1 heterocycles. The Hall–Kier alpha value is -2.15. The number of benzene rings is 1. The second kappa shape index (κ2) is 6.53. The van der Waals surface area contributed by atoms with Crippen LogP contribution in [0.1, 0.15) is 23.7 Å². The molecule has 0 saturated carbocycles. The lowest BCUT2D eigenvalue weighted by Crippen LogP contribution is -2.38. The van der Waals surface area contributed by atoms with E-state index in [4.69, 9.17) is 4.74 Å². The average molecular weight is 293 g/mol. The molecule has 2 N–H and O–H groups in total. The fraction of sp³-hybridized carbons (Fsp3) is 0.500. The van der Waals surface area contributed by atoms with Crippen molar-refractivity contribution in [3.8, 4) is 0 Å². The van der Waals surface area contributed by atoms with Crippen LogP contribution in [0.15, 0.2) is 18.2 Å². The molecule has 1 amide bonds. The number of carbonyl (C=O) groups is 1. The largest absolute Gasteiger partial charge is 0.383 e. The van der Waals surface area contributed by atoms with Crippen molar-refractivity contribution in [2.45, 2.75) is 19.4 Å². The lowest BCUT2D eigenvalue weighted by Gasteiger charge is -2.19. The van der Waals surface area contributed by atoms with Crippen LogP contribution in [0, 0.1) is 16.0 Å². The third-order valence-corrected chi connectivity index (χ3v) is 3.76. The number of hydrogen-bond donors (Lipinski definition) is 2. The monoisotopic (exact) mass is 293 g/mol. The van der Waals surface area contributed by atoms with Gasteiger partial charge in [-0.3, -0.25) is 14.9 Å². The molecule has 114 valence electrons. The molecule has 1 saturated heterocycles. The average Bonchev–Trinajstić information content (AvgIpc) is 3.00. The van der Waals surface area contributed by atoms with Crippen molar-refractivity contribution >= 4 is 17.3 Å². The van der Waals surface area contributed by atoms with Crippen LogP contribution in [0.3, 0.4) is 0 Å². The minimum Gasteiger partial charge on any atom is -0.383 e. The van der Waals surface area contributed by atoms with Gasteiger partial charge in [0.2, 0.25) is 0 Å². The standard InChI is InChI=1S/C14H19N3O4/c1-9(10-6-7-21-8-10)16-14(18)11-4-3-5-12(15-2)13(11)17(19)20/h3-5,9-10,15H,6-8H2,1-2H3,(H,16,18). The Morgan fingerprint density at radius 3 is 2.86 bits per heavy atom. The number of nitrogens with zero attached hydrogens (tertiary/aromatic N) is 1. The number of amides is 1. The highest BCUT2D eigenvalue weighted by molar-refractivity contribution is 6.00. The number of nitrogens with one attached hydrogen (secondary N) is 2. The first kappa shape index (κ1) is 15.2. The zero-order chi connectivity index (χ0) is 15.4. The number of nitro benzene ring substituents is 1. The summed E-state index contributed by atoms with van der Waals surface area (Å²) < 4.78 is 5.29. The summed E-state index contributed by atoms with van der Waals surface area (Å²) in [6.45, 7) is 3.20. The third-order valence-electron chi connectivity index (χ3n) is 3.76. The van der Waals surface area contributed by atoms with E-state index in [1.54, 1.807) is 19.2 Å². The molecule has 1 aliphatic heterocycles. The summed E-state index contributed by atoms with van der Waals surface area (Å²) in [4.78, 5) is 23.0. The Balaban J connectivity index is 2.20. The highest BCUT2D eigenvalue weighted by atomic mass is 16.6. The Morgan fingerprint density at radius 1 is 1.52 bits per heavy atom. The van der Waals surface area contributed by atoms with Gasteiger partial charge in [-0.15, -0.1) is 0 Å². The molecule has 0 bridgehead atoms. The SMILES string of the molecule is CNc1cccc(C(=O)NC(C)C2CCOC2)c1[N+](=O)[O-]. The number of carbonyl (C=O) groups excluding carboxylic acids is 1. The maximum atomic E-state index is 12.3. The topological polar surface area (TPSA) is 93.5 Å². The summed E-state index contributed by atoms with van der Waals surface area (Å²) >= 11 is 0. The quantitative estimate of drug-likeness (QED) is 0.637. The number of anilines is 1. The zero-order valence-electron chi connectivity index (χ0n) is 12.1. The number of para-hydroxylation sites is 1. The van der Waals surface area contributed by atoms with Crippen molar-refractivity contribution in [3.05, 3.63) is 33.9 Å². The normalized spacial score (nSPS) is 19.0. The summed E-state index contributed by atoms with van der Waals surface area (Å²) in [6.07, 6.45) is 0.889. The summed E-state index contributed by atoms with van der Waals surface area (Å²) in [7, 11) is 1.59. The first-order chi connectivity index (χ1) is 10.0. The number of rotatable bonds is 5. The highest BCUT2D eigenvalue weighted by Gasteiger charge is 2.28. The number of nitro groups is 1. The summed E-state index contributed by atoms with van der Waals surface area (Å²) in [5.74, 6) is -0.182. The molecule has 0 aromatic heterocycles. The van der Waals surface area contributed by atoms with E-state index >= 15 is 0 Å². The fourth-order valence-corrected chi connectivity index (χ4v) is 2.47. The van der Waals surface area contributed by atoms with E-state index in [-0.39, 0.29) is 23.2 Å². The van der Waals surface area contributed by atoms with E-state index in [0.717, 1.165) is 6.42 Å². The van der Waals surface area contributed by atoms with Gasteiger partial charge < -0.3 is 15.4 Å². The van der Waals surface area contributed by atoms with Crippen LogP contribution in [-0.4, -0.2) is 37.1 Å². The Kier molecular flexibility index (Phi) is 4.74. The van der Waals surface area contributed by atoms with Crippen molar-refractivity contribution in [2.75, 3.05) is 25.6 Å². The van der Waals surface area contributed by atoms with E-state index in [9.17, 15) is 14.9 Å².